The number of ketones is 1. The van der Waals surface area contributed by atoms with Gasteiger partial charge < -0.3 is 24.7 Å². The van der Waals surface area contributed by atoms with Gasteiger partial charge in [0.15, 0.2) is 5.78 Å². The van der Waals surface area contributed by atoms with E-state index in [4.69, 9.17) is 9.47 Å². The minimum absolute atomic E-state index is 0.108. The number of ether oxygens (including phenoxy) is 2. The van der Waals surface area contributed by atoms with Crippen LogP contribution in [0.15, 0.2) is 79.1 Å². The van der Waals surface area contributed by atoms with Crippen molar-refractivity contribution in [3.63, 3.8) is 0 Å². The minimum Gasteiger partial charge on any atom is -0.497 e. The van der Waals surface area contributed by atoms with E-state index in [1.807, 2.05) is 35.0 Å². The first-order chi connectivity index (χ1) is 17.1. The average Bonchev–Trinajstić information content (AvgIpc) is 3.29. The van der Waals surface area contributed by atoms with Gasteiger partial charge in [-0.25, -0.2) is 4.98 Å². The molecule has 0 aliphatic carbocycles. The number of Topliss-reactive ketones (excluding diaryl/α,β-unsaturated/α-hetero) is 1. The Bertz CT molecular complexity index is 1390. The molecule has 1 aliphatic rings. The van der Waals surface area contributed by atoms with Crippen molar-refractivity contribution in [3.8, 4) is 11.5 Å². The highest BCUT2D eigenvalue weighted by Crippen LogP contribution is 2.30. The summed E-state index contributed by atoms with van der Waals surface area (Å²) in [6.45, 7) is 0.641. The second kappa shape index (κ2) is 9.34. The summed E-state index contributed by atoms with van der Waals surface area (Å²) < 4.78 is 12.5. The first-order valence-electron chi connectivity index (χ1n) is 11.1. The van der Waals surface area contributed by atoms with E-state index < -0.39 is 6.04 Å². The van der Waals surface area contributed by atoms with Gasteiger partial charge in [0.05, 0.1) is 26.3 Å². The number of nitrogens with zero attached hydrogens (tertiary/aromatic N) is 2. The Kier molecular flexibility index (Phi) is 5.93. The van der Waals surface area contributed by atoms with E-state index in [2.05, 4.69) is 15.6 Å². The van der Waals surface area contributed by atoms with Crippen molar-refractivity contribution in [3.05, 3.63) is 102 Å². The van der Waals surface area contributed by atoms with E-state index in [1.54, 1.807) is 55.8 Å². The quantitative estimate of drug-likeness (QED) is 0.403. The Morgan fingerprint density at radius 2 is 1.83 bits per heavy atom. The number of aromatic nitrogens is 2. The molecule has 0 fully saturated rings. The summed E-state index contributed by atoms with van der Waals surface area (Å²) in [5, 5.41) is 6.21. The number of anilines is 2. The molecule has 35 heavy (non-hydrogen) atoms. The zero-order valence-corrected chi connectivity index (χ0v) is 19.3. The number of nitrogens with one attached hydrogen (secondary N) is 2. The maximum atomic E-state index is 13.5. The molecular formula is C27H24N4O4. The molecule has 0 radical (unpaired) electrons. The van der Waals surface area contributed by atoms with Crippen molar-refractivity contribution < 1.29 is 19.1 Å². The van der Waals surface area contributed by atoms with E-state index in [0.717, 1.165) is 11.3 Å². The first-order valence-corrected chi connectivity index (χ1v) is 11.1. The summed E-state index contributed by atoms with van der Waals surface area (Å²) in [6, 6.07) is 19.1. The number of hydrogen-bond acceptors (Lipinski definition) is 6. The molecule has 0 bridgehead atoms. The number of amides is 1. The maximum Gasteiger partial charge on any atom is 0.259 e. The Morgan fingerprint density at radius 3 is 2.60 bits per heavy atom. The summed E-state index contributed by atoms with van der Waals surface area (Å²) in [5.74, 6) is 1.23. The number of para-hydroxylation sites is 1. The first kappa shape index (κ1) is 22.2. The lowest BCUT2D eigenvalue weighted by Gasteiger charge is -2.17. The Hall–Kier alpha value is -4.59. The van der Waals surface area contributed by atoms with Crippen LogP contribution in [0, 0.1) is 0 Å². The highest BCUT2D eigenvalue weighted by atomic mass is 16.5. The summed E-state index contributed by atoms with van der Waals surface area (Å²) >= 11 is 0. The molecule has 0 spiro atoms. The van der Waals surface area contributed by atoms with Crippen LogP contribution in [0.2, 0.25) is 0 Å². The third kappa shape index (κ3) is 4.33. The van der Waals surface area contributed by atoms with Gasteiger partial charge in [-0.3, -0.25) is 9.59 Å². The van der Waals surface area contributed by atoms with Gasteiger partial charge in [-0.15, -0.1) is 0 Å². The Morgan fingerprint density at radius 1 is 1.03 bits per heavy atom. The number of rotatable bonds is 6. The van der Waals surface area contributed by atoms with Crippen LogP contribution >= 0.6 is 0 Å². The van der Waals surface area contributed by atoms with E-state index in [9.17, 15) is 9.59 Å². The van der Waals surface area contributed by atoms with Crippen LogP contribution in [0.3, 0.4) is 0 Å². The van der Waals surface area contributed by atoms with Gasteiger partial charge in [-0.05, 0) is 48.0 Å². The number of carbonyl (C=O) groups excluding carboxylic acids is 2. The zero-order valence-electron chi connectivity index (χ0n) is 19.3. The molecule has 1 atom stereocenters. The third-order valence-electron chi connectivity index (χ3n) is 6.01. The summed E-state index contributed by atoms with van der Waals surface area (Å²) in [4.78, 5) is 30.7. The molecule has 1 aliphatic heterocycles. The minimum atomic E-state index is -0.627. The van der Waals surface area contributed by atoms with Crippen LogP contribution in [-0.2, 0) is 6.54 Å². The summed E-state index contributed by atoms with van der Waals surface area (Å²) in [5.41, 5.74) is 3.45. The molecule has 1 unspecified atom stereocenters. The van der Waals surface area contributed by atoms with Crippen LogP contribution in [0.4, 0.5) is 11.4 Å². The van der Waals surface area contributed by atoms with Crippen molar-refractivity contribution in [1.29, 1.82) is 0 Å². The number of benzene rings is 3. The number of carbonyl (C=O) groups is 2. The molecule has 176 valence electrons. The molecule has 8 nitrogen and oxygen atoms in total. The highest BCUT2D eigenvalue weighted by molar-refractivity contribution is 6.07. The second-order valence-corrected chi connectivity index (χ2v) is 8.11. The second-order valence-electron chi connectivity index (χ2n) is 8.11. The normalized spacial score (nSPS) is 14.1. The average molecular weight is 469 g/mol. The molecule has 1 aromatic heterocycles. The van der Waals surface area contributed by atoms with Gasteiger partial charge in [0.1, 0.15) is 23.4 Å². The van der Waals surface area contributed by atoms with Crippen LogP contribution in [-0.4, -0.2) is 35.5 Å². The molecule has 5 rings (SSSR count). The number of methoxy groups -OCH3 is 2. The molecule has 4 aromatic rings. The van der Waals surface area contributed by atoms with Gasteiger partial charge in [0, 0.05) is 35.4 Å². The van der Waals surface area contributed by atoms with Crippen molar-refractivity contribution in [2.75, 3.05) is 24.9 Å². The van der Waals surface area contributed by atoms with E-state index in [-0.39, 0.29) is 11.7 Å². The van der Waals surface area contributed by atoms with Crippen LogP contribution in [0.1, 0.15) is 38.1 Å². The van der Waals surface area contributed by atoms with E-state index in [0.29, 0.717) is 40.7 Å². The fourth-order valence-electron chi connectivity index (χ4n) is 4.17. The SMILES string of the molecule is COc1ccc(C(=O)Nc2ccc(C(=O)C3Nc4ccccc4Cn4ccnc43)cc2)c(OC)c1. The van der Waals surface area contributed by atoms with Gasteiger partial charge in [-0.2, -0.15) is 0 Å². The van der Waals surface area contributed by atoms with E-state index >= 15 is 0 Å². The van der Waals surface area contributed by atoms with Gasteiger partial charge >= 0.3 is 0 Å². The topological polar surface area (TPSA) is 94.5 Å². The number of fused-ring (bicyclic) bond motifs is 2. The highest BCUT2D eigenvalue weighted by Gasteiger charge is 2.29. The molecule has 3 aromatic carbocycles. The van der Waals surface area contributed by atoms with Crippen LogP contribution in [0.5, 0.6) is 11.5 Å². The number of hydrogen-bond donors (Lipinski definition) is 2. The van der Waals surface area contributed by atoms with Crippen molar-refractivity contribution >= 4 is 23.1 Å². The maximum absolute atomic E-state index is 13.5. The fraction of sp³-hybridized carbons (Fsp3) is 0.148. The summed E-state index contributed by atoms with van der Waals surface area (Å²) in [6.07, 6.45) is 3.59. The number of imidazole rings is 1. The summed E-state index contributed by atoms with van der Waals surface area (Å²) in [7, 11) is 3.05. The lowest BCUT2D eigenvalue weighted by molar-refractivity contribution is 0.0965. The molecule has 8 heteroatoms. The van der Waals surface area contributed by atoms with Gasteiger partial charge in [0.2, 0.25) is 0 Å². The van der Waals surface area contributed by atoms with Crippen LogP contribution < -0.4 is 20.1 Å². The fourth-order valence-corrected chi connectivity index (χ4v) is 4.17. The zero-order chi connectivity index (χ0) is 24.4. The third-order valence-corrected chi connectivity index (χ3v) is 6.01. The molecule has 1 amide bonds. The molecule has 2 heterocycles. The lowest BCUT2D eigenvalue weighted by Crippen LogP contribution is -2.23. The standard InChI is InChI=1S/C27H24N4O4/c1-34-20-11-12-21(23(15-20)35-2)27(33)29-19-9-7-17(8-10-19)25(32)24-26-28-13-14-31(26)16-18-5-3-4-6-22(18)30-24/h3-15,24,30H,16H2,1-2H3,(H,29,33). The van der Waals surface area contributed by atoms with Gasteiger partial charge in [0.25, 0.3) is 5.91 Å². The molecular weight excluding hydrogens is 444 g/mol. The van der Waals surface area contributed by atoms with E-state index in [1.165, 1.54) is 7.11 Å². The largest absolute Gasteiger partial charge is 0.497 e. The van der Waals surface area contributed by atoms with Crippen molar-refractivity contribution in [2.24, 2.45) is 0 Å². The van der Waals surface area contributed by atoms with Crippen molar-refractivity contribution in [1.82, 2.24) is 9.55 Å². The van der Waals surface area contributed by atoms with Gasteiger partial charge in [-0.1, -0.05) is 18.2 Å². The molecule has 0 saturated carbocycles. The van der Waals surface area contributed by atoms with Crippen LogP contribution in [0.25, 0.3) is 0 Å². The van der Waals surface area contributed by atoms with Crippen molar-refractivity contribution in [2.45, 2.75) is 12.6 Å². The predicted molar refractivity (Wildman–Crippen MR) is 132 cm³/mol. The Labute approximate surface area is 202 Å². The Balaban J connectivity index is 1.36. The smallest absolute Gasteiger partial charge is 0.259 e. The predicted octanol–water partition coefficient (Wildman–Crippen LogP) is 4.55. The monoisotopic (exact) mass is 468 g/mol. The molecule has 0 saturated heterocycles. The lowest BCUT2D eigenvalue weighted by atomic mass is 10.0. The molecule has 2 N–H and O–H groups in total.